The van der Waals surface area contributed by atoms with Crippen LogP contribution in [-0.2, 0) is 11.3 Å². The number of hydrazine groups is 1. The molecule has 0 spiro atoms. The van der Waals surface area contributed by atoms with Crippen LogP contribution in [0, 0.1) is 129 Å². The van der Waals surface area contributed by atoms with Crippen LogP contribution in [0.15, 0.2) is 59.2 Å². The fourth-order valence-electron chi connectivity index (χ4n) is 3.87. The highest BCUT2D eigenvalue weighted by atomic mass is 16.7. The van der Waals surface area contributed by atoms with Gasteiger partial charge in [0, 0.05) is 69.4 Å². The molecule has 3 aromatic rings. The van der Waals surface area contributed by atoms with Crippen LogP contribution in [0.3, 0.4) is 0 Å². The first kappa shape index (κ1) is 43.5. The zero-order valence-corrected chi connectivity index (χ0v) is 30.1. The first-order chi connectivity index (χ1) is 27.5. The second-order valence-electron chi connectivity index (χ2n) is 9.88. The van der Waals surface area contributed by atoms with E-state index in [-0.39, 0.29) is 14.3 Å². The van der Waals surface area contributed by atoms with Crippen molar-refractivity contribution in [2.24, 2.45) is 16.3 Å². The van der Waals surface area contributed by atoms with Crippen molar-refractivity contribution in [3.8, 4) is 125 Å². The van der Waals surface area contributed by atoms with Crippen LogP contribution in [0.25, 0.3) is 10.8 Å². The van der Waals surface area contributed by atoms with E-state index in [1.54, 1.807) is 19.3 Å². The van der Waals surface area contributed by atoms with Crippen molar-refractivity contribution in [2.45, 2.75) is 13.5 Å². The Morgan fingerprint density at radius 2 is 1.52 bits per heavy atom. The number of anilines is 2. The Kier molecular flexibility index (Phi) is 22.5. The van der Waals surface area contributed by atoms with Gasteiger partial charge in [-0.3, -0.25) is 10.7 Å². The summed E-state index contributed by atoms with van der Waals surface area (Å²) in [5.74, 6) is 53.4. The van der Waals surface area contributed by atoms with Crippen molar-refractivity contribution in [3.05, 3.63) is 64.5 Å². The molecule has 1 fully saturated rings. The smallest absolute Gasteiger partial charge is 0.193 e. The molecule has 6 N–H and O–H groups in total. The minimum atomic E-state index is -0.879. The van der Waals surface area contributed by atoms with E-state index >= 15 is 0 Å². The molecule has 1 aliphatic heterocycles. The molecule has 56 heavy (non-hydrogen) atoms. The molecule has 0 atom stereocenters. The molecule has 1 aliphatic rings. The number of hydrogen-bond donors (Lipinski definition) is 4. The number of pyridine rings is 2. The van der Waals surface area contributed by atoms with E-state index in [1.165, 1.54) is 5.53 Å². The summed E-state index contributed by atoms with van der Waals surface area (Å²) in [5.41, 5.74) is 8.41. The Morgan fingerprint density at radius 1 is 0.911 bits per heavy atom. The van der Waals surface area contributed by atoms with Crippen LogP contribution >= 0.6 is 0 Å². The molecule has 294 valence electrons. The molecule has 3 heterocycles. The van der Waals surface area contributed by atoms with Crippen LogP contribution in [0.5, 0.6) is 5.75 Å². The number of benzene rings is 1. The van der Waals surface area contributed by atoms with Gasteiger partial charge < -0.3 is 30.6 Å². The van der Waals surface area contributed by atoms with Crippen molar-refractivity contribution >= 4 is 22.4 Å². The van der Waals surface area contributed by atoms with Gasteiger partial charge in [-0.2, -0.15) is 0 Å². The molecule has 0 radical (unpaired) electrons. The van der Waals surface area contributed by atoms with Crippen LogP contribution < -0.4 is 27.2 Å². The van der Waals surface area contributed by atoms with Gasteiger partial charge in [-0.25, -0.2) is 9.97 Å². The number of ether oxygens (including phenoxy) is 2. The van der Waals surface area contributed by atoms with E-state index in [0.717, 1.165) is 60.8 Å². The van der Waals surface area contributed by atoms with Crippen molar-refractivity contribution in [1.82, 2.24) is 20.4 Å². The highest BCUT2D eigenvalue weighted by molar-refractivity contribution is 5.91. The molecule has 0 aliphatic carbocycles. The summed E-state index contributed by atoms with van der Waals surface area (Å²) in [4.78, 5) is 20.1. The quantitative estimate of drug-likeness (QED) is 0.0779. The minimum Gasteiger partial charge on any atom is -0.491 e. The van der Waals surface area contributed by atoms with Crippen LogP contribution in [0.2, 0.25) is 0 Å². The largest absolute Gasteiger partial charge is 0.491 e. The molecule has 14 heteroatoms. The Labute approximate surface area is 340 Å². The summed E-state index contributed by atoms with van der Waals surface area (Å²) in [5, 5.41) is 18.9. The SMILES string of the molecule is C#CC#CC#CC#CC#CC#CC#CC#CC#CC#CC.NN=NN[N+](=O)[O-].Nc1nccc2cc(CNc3ccc(OCCN4CCOCC4)cn3)ccc12.[HH].[HH].[HH].[HH].[HH].[HH].[HH].[HH].[HH].[HH]. The van der Waals surface area contributed by atoms with Gasteiger partial charge in [-0.05, 0) is 137 Å². The molecule has 1 saturated heterocycles. The lowest BCUT2D eigenvalue weighted by atomic mass is 10.1. The Hall–Kier alpha value is -8.70. The molecule has 0 saturated carbocycles. The fraction of sp³-hybridized carbons (Fsp3) is 0.190. The summed E-state index contributed by atoms with van der Waals surface area (Å²) in [6.45, 7) is 7.51. The maximum Gasteiger partial charge on any atom is 0.193 e. The minimum absolute atomic E-state index is 0. The van der Waals surface area contributed by atoms with Gasteiger partial charge in [0.05, 0.1) is 29.7 Å². The predicted octanol–water partition coefficient (Wildman–Crippen LogP) is 4.67. The van der Waals surface area contributed by atoms with E-state index < -0.39 is 5.03 Å². The first-order valence-electron chi connectivity index (χ1n) is 16.1. The third kappa shape index (κ3) is 20.8. The van der Waals surface area contributed by atoms with Gasteiger partial charge in [0.2, 0.25) is 0 Å². The number of hydrogen-bond acceptors (Lipinski definition) is 11. The average Bonchev–Trinajstić information content (AvgIpc) is 3.22. The van der Waals surface area contributed by atoms with E-state index in [4.69, 9.17) is 21.6 Å². The number of nitrogens with one attached hydrogen (secondary N) is 2. The number of nitrogens with two attached hydrogens (primary N) is 2. The van der Waals surface area contributed by atoms with Crippen molar-refractivity contribution < 1.29 is 28.8 Å². The van der Waals surface area contributed by atoms with E-state index in [1.807, 2.05) is 24.3 Å². The third-order valence-electron chi connectivity index (χ3n) is 6.23. The van der Waals surface area contributed by atoms with Gasteiger partial charge >= 0.3 is 0 Å². The second-order valence-corrected chi connectivity index (χ2v) is 9.88. The predicted molar refractivity (Wildman–Crippen MR) is 235 cm³/mol. The number of morpholine rings is 1. The Morgan fingerprint density at radius 3 is 2.04 bits per heavy atom. The monoisotopic (exact) mass is 760 g/mol. The standard InChI is InChI=1S/C21H25N5O2.C21H4.H3N5O2.10H2/c22-21-19-3-1-16(13-17(19)5-6-23-21)14-24-20-4-2-18(15-25-20)28-12-9-26-7-10-27-11-8-26;1-3-5-7-9-11-13-15-17-19-21-20-18-16-14-12-10-8-6-4-2;1-2-3-4-5(6)7;;;;;;;;;;/h1-6,13,15H,7-12,14H2,(H2,22,23)(H,24,25);1H,2H3;(H2,1,3)(H,2,4);10*1H. The fourth-order valence-corrected chi connectivity index (χ4v) is 3.87. The van der Waals surface area contributed by atoms with Gasteiger partial charge in [-0.15, -0.1) is 6.42 Å². The van der Waals surface area contributed by atoms with Crippen LogP contribution in [-0.4, -0.2) is 59.4 Å². The van der Waals surface area contributed by atoms with Gasteiger partial charge in [0.15, 0.2) is 5.22 Å². The summed E-state index contributed by atoms with van der Waals surface area (Å²) in [6.07, 6.45) is 8.39. The van der Waals surface area contributed by atoms with Gasteiger partial charge in [-0.1, -0.05) is 18.1 Å². The molecule has 0 amide bonds. The Bertz CT molecular complexity index is 2490. The Balaban J connectivity index is -0.000000111. The molecule has 4 rings (SSSR count). The number of nitrogen functional groups attached to an aromatic ring is 1. The number of fused-ring (bicyclic) bond motifs is 1. The highest BCUT2D eigenvalue weighted by Gasteiger charge is 2.09. The molecular weight excluding hydrogens is 709 g/mol. The summed E-state index contributed by atoms with van der Waals surface area (Å²) in [6, 6.07) is 12.0. The third-order valence-corrected chi connectivity index (χ3v) is 6.23. The zero-order chi connectivity index (χ0) is 40.3. The molecule has 1 aromatic carbocycles. The van der Waals surface area contributed by atoms with Crippen LogP contribution in [0.4, 0.5) is 11.6 Å². The number of nitrogens with zero attached hydrogens (tertiary/aromatic N) is 6. The topological polar surface area (TPSA) is 191 Å². The van der Waals surface area contributed by atoms with E-state index in [9.17, 15) is 10.1 Å². The zero-order valence-electron chi connectivity index (χ0n) is 30.1. The maximum absolute atomic E-state index is 9.24. The van der Waals surface area contributed by atoms with Gasteiger partial charge in [0.25, 0.3) is 0 Å². The average molecular weight is 761 g/mol. The summed E-state index contributed by atoms with van der Waals surface area (Å²) < 4.78 is 11.1. The molecule has 0 bridgehead atoms. The first-order valence-corrected chi connectivity index (χ1v) is 16.1. The normalized spacial score (nSPS) is 10.0. The lowest BCUT2D eigenvalue weighted by Crippen LogP contribution is -2.38. The number of terminal acetylenes is 1. The second kappa shape index (κ2) is 28.9. The summed E-state index contributed by atoms with van der Waals surface area (Å²) >= 11 is 0. The van der Waals surface area contributed by atoms with E-state index in [2.05, 4.69) is 161 Å². The molecular formula is C42H52N10O4. The molecule has 14 nitrogen and oxygen atoms in total. The number of aromatic nitrogens is 2. The number of nitro groups is 1. The lowest BCUT2D eigenvalue weighted by molar-refractivity contribution is -0.546. The molecule has 2 aromatic heterocycles. The van der Waals surface area contributed by atoms with Crippen LogP contribution in [0.1, 0.15) is 26.8 Å². The van der Waals surface area contributed by atoms with Gasteiger partial charge in [0.1, 0.15) is 24.0 Å². The van der Waals surface area contributed by atoms with E-state index in [0.29, 0.717) is 19.0 Å². The lowest BCUT2D eigenvalue weighted by Gasteiger charge is -2.26. The number of rotatable bonds is 9. The van der Waals surface area contributed by atoms with Crippen molar-refractivity contribution in [3.63, 3.8) is 0 Å². The van der Waals surface area contributed by atoms with Crippen molar-refractivity contribution in [2.75, 3.05) is 50.5 Å². The highest BCUT2D eigenvalue weighted by Crippen LogP contribution is 2.20. The van der Waals surface area contributed by atoms with Crippen molar-refractivity contribution in [1.29, 1.82) is 0 Å². The summed E-state index contributed by atoms with van der Waals surface area (Å²) in [7, 11) is 0. The molecule has 0 unspecified atom stereocenters. The maximum atomic E-state index is 9.24.